The molecule has 0 aliphatic carbocycles. The summed E-state index contributed by atoms with van der Waals surface area (Å²) in [7, 11) is 1.70. The summed E-state index contributed by atoms with van der Waals surface area (Å²) >= 11 is 5.85. The van der Waals surface area contributed by atoms with E-state index in [4.69, 9.17) is 21.1 Å². The monoisotopic (exact) mass is 455 g/mol. The quantitative estimate of drug-likeness (QED) is 0.260. The van der Waals surface area contributed by atoms with Crippen LogP contribution in [0, 0.1) is 0 Å². The second kappa shape index (κ2) is 13.7. The van der Waals surface area contributed by atoms with Crippen molar-refractivity contribution in [2.24, 2.45) is 4.99 Å². The molecule has 0 aliphatic heterocycles. The molecule has 5 nitrogen and oxygen atoms in total. The number of nitrogens with zero attached hydrogens (tertiary/aromatic N) is 1. The number of benzene rings is 1. The highest BCUT2D eigenvalue weighted by atomic mass is 127. The van der Waals surface area contributed by atoms with E-state index in [0.29, 0.717) is 11.6 Å². The van der Waals surface area contributed by atoms with Crippen molar-refractivity contribution in [1.29, 1.82) is 0 Å². The number of hydrogen-bond donors (Lipinski definition) is 2. The second-order valence-electron chi connectivity index (χ2n) is 4.88. The molecule has 0 amide bonds. The van der Waals surface area contributed by atoms with Crippen LogP contribution in [0.4, 0.5) is 0 Å². The molecule has 7 heteroatoms. The first kappa shape index (κ1) is 22.3. The number of nitrogens with one attached hydrogen (secondary N) is 2. The molecular formula is C16H27ClIN3O2. The van der Waals surface area contributed by atoms with Crippen LogP contribution in [0.15, 0.2) is 29.3 Å². The lowest BCUT2D eigenvalue weighted by atomic mass is 10.3. The standard InChI is InChI=1S/C16H26ClN3O2.HI/c1-4-18-16(19-10-5-11-21-3)20-12-13(2)22-15-8-6-14(17)7-9-15;/h6-9,13H,4-5,10-12H2,1-3H3,(H2,18,19,20);1H. The van der Waals surface area contributed by atoms with E-state index in [1.165, 1.54) is 0 Å². The van der Waals surface area contributed by atoms with Crippen molar-refractivity contribution >= 4 is 41.5 Å². The fourth-order valence-electron chi connectivity index (χ4n) is 1.77. The van der Waals surface area contributed by atoms with Crippen LogP contribution in [0.1, 0.15) is 20.3 Å². The Morgan fingerprint density at radius 1 is 1.26 bits per heavy atom. The van der Waals surface area contributed by atoms with Gasteiger partial charge in [0, 0.05) is 31.8 Å². The van der Waals surface area contributed by atoms with Crippen molar-refractivity contribution < 1.29 is 9.47 Å². The van der Waals surface area contributed by atoms with Crippen LogP contribution in [0.3, 0.4) is 0 Å². The molecule has 0 heterocycles. The van der Waals surface area contributed by atoms with Crippen LogP contribution in [0.5, 0.6) is 5.75 Å². The van der Waals surface area contributed by atoms with Gasteiger partial charge < -0.3 is 20.1 Å². The molecule has 0 saturated carbocycles. The zero-order chi connectivity index (χ0) is 16.2. The van der Waals surface area contributed by atoms with E-state index >= 15 is 0 Å². The normalized spacial score (nSPS) is 12.3. The van der Waals surface area contributed by atoms with E-state index < -0.39 is 0 Å². The lowest BCUT2D eigenvalue weighted by molar-refractivity contribution is 0.195. The molecular weight excluding hydrogens is 429 g/mol. The molecule has 0 aromatic heterocycles. The molecule has 0 radical (unpaired) electrons. The van der Waals surface area contributed by atoms with E-state index in [9.17, 15) is 0 Å². The topological polar surface area (TPSA) is 54.9 Å². The summed E-state index contributed by atoms with van der Waals surface area (Å²) < 4.78 is 10.8. The Labute approximate surface area is 161 Å². The van der Waals surface area contributed by atoms with Crippen molar-refractivity contribution in [2.75, 3.05) is 33.4 Å². The summed E-state index contributed by atoms with van der Waals surface area (Å²) in [5.74, 6) is 1.59. The predicted molar refractivity (Wildman–Crippen MR) is 107 cm³/mol. The minimum Gasteiger partial charge on any atom is -0.489 e. The molecule has 23 heavy (non-hydrogen) atoms. The average Bonchev–Trinajstić information content (AvgIpc) is 2.51. The summed E-state index contributed by atoms with van der Waals surface area (Å²) in [6.07, 6.45) is 0.924. The number of halogens is 2. The van der Waals surface area contributed by atoms with Crippen LogP contribution in [-0.4, -0.2) is 45.4 Å². The average molecular weight is 456 g/mol. The van der Waals surface area contributed by atoms with Crippen LogP contribution < -0.4 is 15.4 Å². The van der Waals surface area contributed by atoms with E-state index in [2.05, 4.69) is 15.6 Å². The van der Waals surface area contributed by atoms with Gasteiger partial charge in [-0.15, -0.1) is 24.0 Å². The molecule has 1 aromatic carbocycles. The van der Waals surface area contributed by atoms with Gasteiger partial charge in [-0.05, 0) is 44.5 Å². The Morgan fingerprint density at radius 2 is 1.96 bits per heavy atom. The smallest absolute Gasteiger partial charge is 0.191 e. The van der Waals surface area contributed by atoms with Crippen molar-refractivity contribution in [3.8, 4) is 5.75 Å². The maximum absolute atomic E-state index is 5.85. The van der Waals surface area contributed by atoms with Crippen molar-refractivity contribution in [1.82, 2.24) is 10.6 Å². The molecule has 0 bridgehead atoms. The number of guanidine groups is 1. The summed E-state index contributed by atoms with van der Waals surface area (Å²) in [6.45, 7) is 6.99. The lowest BCUT2D eigenvalue weighted by Crippen LogP contribution is -2.38. The highest BCUT2D eigenvalue weighted by molar-refractivity contribution is 14.0. The van der Waals surface area contributed by atoms with Gasteiger partial charge in [0.2, 0.25) is 0 Å². The Bertz CT molecular complexity index is 443. The van der Waals surface area contributed by atoms with Gasteiger partial charge in [-0.1, -0.05) is 11.6 Å². The maximum Gasteiger partial charge on any atom is 0.191 e. The molecule has 1 unspecified atom stereocenters. The Hall–Kier alpha value is -0.730. The minimum atomic E-state index is -0.0180. The Kier molecular flexibility index (Phi) is 13.3. The first-order valence-corrected chi connectivity index (χ1v) is 7.96. The molecule has 0 fully saturated rings. The van der Waals surface area contributed by atoms with Crippen LogP contribution in [0.25, 0.3) is 0 Å². The van der Waals surface area contributed by atoms with Gasteiger partial charge in [-0.3, -0.25) is 0 Å². The molecule has 1 rings (SSSR count). The van der Waals surface area contributed by atoms with E-state index in [-0.39, 0.29) is 30.1 Å². The van der Waals surface area contributed by atoms with Crippen molar-refractivity contribution in [3.05, 3.63) is 29.3 Å². The second-order valence-corrected chi connectivity index (χ2v) is 5.31. The first-order valence-electron chi connectivity index (χ1n) is 7.59. The highest BCUT2D eigenvalue weighted by Gasteiger charge is 2.04. The first-order chi connectivity index (χ1) is 10.7. The summed E-state index contributed by atoms with van der Waals surface area (Å²) in [6, 6.07) is 7.34. The third kappa shape index (κ3) is 10.6. The third-order valence-corrected chi connectivity index (χ3v) is 3.07. The SMILES string of the molecule is CCNC(=NCC(C)Oc1ccc(Cl)cc1)NCCCOC.I. The molecule has 0 saturated heterocycles. The summed E-state index contributed by atoms with van der Waals surface area (Å²) in [5, 5.41) is 7.18. The molecule has 2 N–H and O–H groups in total. The predicted octanol–water partition coefficient (Wildman–Crippen LogP) is 3.32. The number of methoxy groups -OCH3 is 1. The summed E-state index contributed by atoms with van der Waals surface area (Å²) in [4.78, 5) is 4.53. The largest absolute Gasteiger partial charge is 0.489 e. The molecule has 1 aromatic rings. The summed E-state index contributed by atoms with van der Waals surface area (Å²) in [5.41, 5.74) is 0. The van der Waals surface area contributed by atoms with Crippen LogP contribution in [0.2, 0.25) is 5.02 Å². The molecule has 132 valence electrons. The fourth-order valence-corrected chi connectivity index (χ4v) is 1.89. The van der Waals surface area contributed by atoms with Crippen LogP contribution >= 0.6 is 35.6 Å². The number of ether oxygens (including phenoxy) is 2. The van der Waals surface area contributed by atoms with Gasteiger partial charge in [-0.2, -0.15) is 0 Å². The highest BCUT2D eigenvalue weighted by Crippen LogP contribution is 2.16. The van der Waals surface area contributed by atoms with E-state index in [1.54, 1.807) is 7.11 Å². The van der Waals surface area contributed by atoms with Gasteiger partial charge in [0.15, 0.2) is 5.96 Å². The number of hydrogen-bond acceptors (Lipinski definition) is 3. The van der Waals surface area contributed by atoms with E-state index in [0.717, 1.165) is 37.8 Å². The van der Waals surface area contributed by atoms with Crippen LogP contribution in [-0.2, 0) is 4.74 Å². The minimum absolute atomic E-state index is 0. The lowest BCUT2D eigenvalue weighted by Gasteiger charge is -2.15. The van der Waals surface area contributed by atoms with Gasteiger partial charge >= 0.3 is 0 Å². The van der Waals surface area contributed by atoms with Gasteiger partial charge in [0.05, 0.1) is 6.54 Å². The fraction of sp³-hybridized carbons (Fsp3) is 0.562. The Balaban J connectivity index is 0.00000484. The van der Waals surface area contributed by atoms with Crippen molar-refractivity contribution in [3.63, 3.8) is 0 Å². The zero-order valence-corrected chi connectivity index (χ0v) is 17.1. The molecule has 0 aliphatic rings. The van der Waals surface area contributed by atoms with E-state index in [1.807, 2.05) is 38.1 Å². The zero-order valence-electron chi connectivity index (χ0n) is 14.0. The molecule has 1 atom stereocenters. The van der Waals surface area contributed by atoms with Crippen molar-refractivity contribution in [2.45, 2.75) is 26.4 Å². The number of aliphatic imine (C=N–C) groups is 1. The third-order valence-electron chi connectivity index (χ3n) is 2.82. The van der Waals surface area contributed by atoms with Gasteiger partial charge in [0.1, 0.15) is 11.9 Å². The maximum atomic E-state index is 5.85. The Morgan fingerprint density at radius 3 is 2.57 bits per heavy atom. The van der Waals surface area contributed by atoms with Gasteiger partial charge in [-0.25, -0.2) is 4.99 Å². The van der Waals surface area contributed by atoms with Gasteiger partial charge in [0.25, 0.3) is 0 Å². The number of rotatable bonds is 9. The molecule has 0 spiro atoms.